The fourth-order valence-electron chi connectivity index (χ4n) is 3.01. The minimum absolute atomic E-state index is 0.0179. The van der Waals surface area contributed by atoms with Gasteiger partial charge in [-0.3, -0.25) is 14.5 Å². The third kappa shape index (κ3) is 4.06. The number of hydrogen-bond donors (Lipinski definition) is 1. The van der Waals surface area contributed by atoms with Crippen molar-refractivity contribution in [3.63, 3.8) is 0 Å². The second-order valence-electron chi connectivity index (χ2n) is 6.40. The SMILES string of the molecule is O=C1CN(C(=O)c2ccc(CSc3ccc(Cl)cc3)cc2)c2ccccc2N1. The number of carbonyl (C=O) groups is 2. The molecule has 3 aromatic rings. The summed E-state index contributed by atoms with van der Waals surface area (Å²) in [6.45, 7) is 0.0179. The van der Waals surface area contributed by atoms with Crippen molar-refractivity contribution in [1.82, 2.24) is 0 Å². The highest BCUT2D eigenvalue weighted by atomic mass is 35.5. The van der Waals surface area contributed by atoms with E-state index in [1.54, 1.807) is 17.8 Å². The Hall–Kier alpha value is -2.76. The second kappa shape index (κ2) is 8.09. The van der Waals surface area contributed by atoms with Crippen LogP contribution in [0.1, 0.15) is 15.9 Å². The summed E-state index contributed by atoms with van der Waals surface area (Å²) in [5, 5.41) is 3.52. The molecule has 2 amide bonds. The van der Waals surface area contributed by atoms with Gasteiger partial charge in [0.15, 0.2) is 0 Å². The number of nitrogens with zero attached hydrogens (tertiary/aromatic N) is 1. The van der Waals surface area contributed by atoms with Crippen molar-refractivity contribution in [2.24, 2.45) is 0 Å². The lowest BCUT2D eigenvalue weighted by atomic mass is 10.1. The van der Waals surface area contributed by atoms with E-state index < -0.39 is 0 Å². The molecule has 0 saturated carbocycles. The highest BCUT2D eigenvalue weighted by Crippen LogP contribution is 2.30. The molecular formula is C22H17ClN2O2S. The maximum absolute atomic E-state index is 13.0. The van der Waals surface area contributed by atoms with Crippen molar-refractivity contribution >= 4 is 46.6 Å². The third-order valence-electron chi connectivity index (χ3n) is 4.44. The van der Waals surface area contributed by atoms with Crippen LogP contribution in [0.3, 0.4) is 0 Å². The summed E-state index contributed by atoms with van der Waals surface area (Å²) in [4.78, 5) is 27.6. The van der Waals surface area contributed by atoms with Gasteiger partial charge in [0, 0.05) is 21.2 Å². The Kier molecular flexibility index (Phi) is 5.37. The highest BCUT2D eigenvalue weighted by Gasteiger charge is 2.27. The number of benzene rings is 3. The summed E-state index contributed by atoms with van der Waals surface area (Å²) in [6, 6.07) is 22.6. The molecule has 1 aliphatic rings. The number of anilines is 2. The van der Waals surface area contributed by atoms with Crippen LogP contribution in [0.2, 0.25) is 5.02 Å². The number of amides is 2. The minimum atomic E-state index is -0.192. The summed E-state index contributed by atoms with van der Waals surface area (Å²) in [7, 11) is 0. The molecule has 0 aliphatic carbocycles. The first kappa shape index (κ1) is 18.6. The molecule has 0 spiro atoms. The van der Waals surface area contributed by atoms with Crippen LogP contribution in [0.15, 0.2) is 77.7 Å². The Labute approximate surface area is 172 Å². The average molecular weight is 409 g/mol. The molecule has 0 aromatic heterocycles. The summed E-state index contributed by atoms with van der Waals surface area (Å²) < 4.78 is 0. The molecule has 0 fully saturated rings. The van der Waals surface area contributed by atoms with Gasteiger partial charge in [0.1, 0.15) is 6.54 Å². The second-order valence-corrected chi connectivity index (χ2v) is 7.88. The maximum atomic E-state index is 13.0. The van der Waals surface area contributed by atoms with E-state index in [0.717, 1.165) is 26.9 Å². The molecule has 1 N–H and O–H groups in total. The van der Waals surface area contributed by atoms with E-state index in [1.165, 1.54) is 4.90 Å². The predicted molar refractivity (Wildman–Crippen MR) is 114 cm³/mol. The molecule has 6 heteroatoms. The van der Waals surface area contributed by atoms with E-state index in [2.05, 4.69) is 5.32 Å². The summed E-state index contributed by atoms with van der Waals surface area (Å²) in [5.41, 5.74) is 3.05. The van der Waals surface area contributed by atoms with Gasteiger partial charge in [0.05, 0.1) is 11.4 Å². The van der Waals surface area contributed by atoms with Gasteiger partial charge >= 0.3 is 0 Å². The fraction of sp³-hybridized carbons (Fsp3) is 0.0909. The normalized spacial score (nSPS) is 13.0. The highest BCUT2D eigenvalue weighted by molar-refractivity contribution is 7.98. The van der Waals surface area contributed by atoms with E-state index in [4.69, 9.17) is 11.6 Å². The zero-order chi connectivity index (χ0) is 19.5. The van der Waals surface area contributed by atoms with Crippen molar-refractivity contribution in [2.45, 2.75) is 10.6 Å². The van der Waals surface area contributed by atoms with Crippen molar-refractivity contribution in [1.29, 1.82) is 0 Å². The Morgan fingerprint density at radius 2 is 1.71 bits per heavy atom. The molecule has 3 aromatic carbocycles. The molecule has 140 valence electrons. The van der Waals surface area contributed by atoms with E-state index in [-0.39, 0.29) is 18.4 Å². The zero-order valence-corrected chi connectivity index (χ0v) is 16.5. The quantitative estimate of drug-likeness (QED) is 0.601. The molecule has 0 radical (unpaired) electrons. The number of thioether (sulfide) groups is 1. The van der Waals surface area contributed by atoms with Gasteiger partial charge in [-0.25, -0.2) is 0 Å². The number of fused-ring (bicyclic) bond motifs is 1. The van der Waals surface area contributed by atoms with Gasteiger partial charge < -0.3 is 5.32 Å². The standard InChI is InChI=1S/C22H17ClN2O2S/c23-17-9-11-18(12-10-17)28-14-15-5-7-16(8-6-15)22(27)25-13-21(26)24-19-3-1-2-4-20(19)25/h1-12H,13-14H2,(H,24,26). The van der Waals surface area contributed by atoms with Crippen LogP contribution in [0.25, 0.3) is 0 Å². The maximum Gasteiger partial charge on any atom is 0.258 e. The largest absolute Gasteiger partial charge is 0.323 e. The van der Waals surface area contributed by atoms with Gasteiger partial charge in [0.2, 0.25) is 5.91 Å². The number of nitrogens with one attached hydrogen (secondary N) is 1. The molecule has 0 bridgehead atoms. The molecule has 0 saturated heterocycles. The lowest BCUT2D eigenvalue weighted by Crippen LogP contribution is -2.42. The lowest BCUT2D eigenvalue weighted by Gasteiger charge is -2.29. The van der Waals surface area contributed by atoms with Crippen LogP contribution >= 0.6 is 23.4 Å². The Morgan fingerprint density at radius 1 is 1.00 bits per heavy atom. The third-order valence-corrected chi connectivity index (χ3v) is 5.77. The number of halogens is 1. The van der Waals surface area contributed by atoms with Crippen LogP contribution in [-0.4, -0.2) is 18.4 Å². The van der Waals surface area contributed by atoms with Gasteiger partial charge in [-0.05, 0) is 54.1 Å². The van der Waals surface area contributed by atoms with Crippen LogP contribution in [0, 0.1) is 0 Å². The van der Waals surface area contributed by atoms with Gasteiger partial charge in [-0.2, -0.15) is 0 Å². The first-order valence-corrected chi connectivity index (χ1v) is 10.1. The summed E-state index contributed by atoms with van der Waals surface area (Å²) >= 11 is 7.62. The topological polar surface area (TPSA) is 49.4 Å². The van der Waals surface area contributed by atoms with E-state index in [9.17, 15) is 9.59 Å². The van der Waals surface area contributed by atoms with Crippen molar-refractivity contribution in [3.05, 3.63) is 88.9 Å². The minimum Gasteiger partial charge on any atom is -0.323 e. The van der Waals surface area contributed by atoms with Crippen LogP contribution in [0.4, 0.5) is 11.4 Å². The number of carbonyl (C=O) groups excluding carboxylic acids is 2. The van der Waals surface area contributed by atoms with Crippen LogP contribution in [0.5, 0.6) is 0 Å². The average Bonchev–Trinajstić information content (AvgIpc) is 2.72. The smallest absolute Gasteiger partial charge is 0.258 e. The molecule has 4 nitrogen and oxygen atoms in total. The van der Waals surface area contributed by atoms with E-state index in [1.807, 2.05) is 66.7 Å². The van der Waals surface area contributed by atoms with Crippen molar-refractivity contribution in [2.75, 3.05) is 16.8 Å². The van der Waals surface area contributed by atoms with E-state index >= 15 is 0 Å². The first-order chi connectivity index (χ1) is 13.6. The summed E-state index contributed by atoms with van der Waals surface area (Å²) in [5.74, 6) is 0.424. The molecule has 1 heterocycles. The Balaban J connectivity index is 1.47. The van der Waals surface area contributed by atoms with Crippen LogP contribution < -0.4 is 10.2 Å². The predicted octanol–water partition coefficient (Wildman–Crippen LogP) is 5.23. The molecule has 1 aliphatic heterocycles. The van der Waals surface area contributed by atoms with Gasteiger partial charge in [-0.1, -0.05) is 35.9 Å². The molecule has 28 heavy (non-hydrogen) atoms. The number of hydrogen-bond acceptors (Lipinski definition) is 3. The molecule has 0 unspecified atom stereocenters. The van der Waals surface area contributed by atoms with Crippen LogP contribution in [-0.2, 0) is 10.5 Å². The first-order valence-electron chi connectivity index (χ1n) is 8.78. The molecule has 4 rings (SSSR count). The lowest BCUT2D eigenvalue weighted by molar-refractivity contribution is -0.115. The number of para-hydroxylation sites is 2. The fourth-order valence-corrected chi connectivity index (χ4v) is 3.99. The Bertz CT molecular complexity index is 1020. The molecule has 0 atom stereocenters. The Morgan fingerprint density at radius 3 is 2.46 bits per heavy atom. The van der Waals surface area contributed by atoms with Gasteiger partial charge in [-0.15, -0.1) is 11.8 Å². The van der Waals surface area contributed by atoms with Crippen molar-refractivity contribution < 1.29 is 9.59 Å². The van der Waals surface area contributed by atoms with Gasteiger partial charge in [0.25, 0.3) is 5.91 Å². The van der Waals surface area contributed by atoms with E-state index in [0.29, 0.717) is 11.3 Å². The molecular weight excluding hydrogens is 392 g/mol. The number of rotatable bonds is 4. The zero-order valence-electron chi connectivity index (χ0n) is 14.9. The van der Waals surface area contributed by atoms with Crippen molar-refractivity contribution in [3.8, 4) is 0 Å². The monoisotopic (exact) mass is 408 g/mol. The summed E-state index contributed by atoms with van der Waals surface area (Å²) in [6.07, 6.45) is 0.